The highest BCUT2D eigenvalue weighted by Crippen LogP contribution is 2.29. The fraction of sp³-hybridized carbons (Fsp3) is 0.235. The highest BCUT2D eigenvalue weighted by atomic mass is 16.5. The van der Waals surface area contributed by atoms with Crippen molar-refractivity contribution in [1.82, 2.24) is 10.6 Å². The summed E-state index contributed by atoms with van der Waals surface area (Å²) in [6, 6.07) is 29.6. The second-order valence-corrected chi connectivity index (χ2v) is 9.65. The zero-order chi connectivity index (χ0) is 29.0. The molecule has 4 aromatic carbocycles. The Morgan fingerprint density at radius 1 is 0.780 bits per heavy atom. The zero-order valence-electron chi connectivity index (χ0n) is 23.7. The molecule has 0 aliphatic rings. The highest BCUT2D eigenvalue weighted by Gasteiger charge is 2.11. The molecular formula is C34H36N2O5. The molecule has 0 bridgehead atoms. The van der Waals surface area contributed by atoms with Crippen LogP contribution >= 0.6 is 0 Å². The number of ether oxygens (including phenoxy) is 3. The lowest BCUT2D eigenvalue weighted by Crippen LogP contribution is -2.30. The van der Waals surface area contributed by atoms with E-state index in [1.54, 1.807) is 18.2 Å². The first-order valence-corrected chi connectivity index (χ1v) is 13.6. The van der Waals surface area contributed by atoms with Gasteiger partial charge in [0.15, 0.2) is 0 Å². The molecule has 0 heterocycles. The molecule has 0 unspecified atom stereocenters. The van der Waals surface area contributed by atoms with Crippen LogP contribution in [0.2, 0.25) is 0 Å². The zero-order valence-corrected chi connectivity index (χ0v) is 23.7. The Bertz CT molecular complexity index is 1470. The van der Waals surface area contributed by atoms with E-state index in [-0.39, 0.29) is 12.5 Å². The summed E-state index contributed by atoms with van der Waals surface area (Å²) in [5, 5.41) is 6.12. The summed E-state index contributed by atoms with van der Waals surface area (Å²) in [5.41, 5.74) is 6.92. The lowest BCUT2D eigenvalue weighted by Gasteiger charge is -2.16. The average molecular weight is 553 g/mol. The lowest BCUT2D eigenvalue weighted by atomic mass is 9.97. The van der Waals surface area contributed by atoms with Gasteiger partial charge in [-0.3, -0.25) is 4.79 Å². The van der Waals surface area contributed by atoms with E-state index >= 15 is 0 Å². The predicted octanol–water partition coefficient (Wildman–Crippen LogP) is 5.83. The SMILES string of the molecule is COC(=O)c1cccc(COc2cc(OCc3cccc(-c4ccccc4)c3C)ccc2CNCCNC(C)=O)c1. The Balaban J connectivity index is 1.49. The molecule has 0 radical (unpaired) electrons. The molecule has 7 nitrogen and oxygen atoms in total. The number of methoxy groups -OCH3 is 1. The van der Waals surface area contributed by atoms with Gasteiger partial charge in [0.1, 0.15) is 24.7 Å². The van der Waals surface area contributed by atoms with Gasteiger partial charge in [-0.25, -0.2) is 4.79 Å². The van der Waals surface area contributed by atoms with Crippen molar-refractivity contribution in [2.24, 2.45) is 0 Å². The van der Waals surface area contributed by atoms with Crippen LogP contribution < -0.4 is 20.1 Å². The number of hydrogen-bond acceptors (Lipinski definition) is 6. The summed E-state index contributed by atoms with van der Waals surface area (Å²) in [6.07, 6.45) is 0. The van der Waals surface area contributed by atoms with Crippen molar-refractivity contribution in [3.8, 4) is 22.6 Å². The molecule has 41 heavy (non-hydrogen) atoms. The van der Waals surface area contributed by atoms with E-state index in [0.717, 1.165) is 16.7 Å². The van der Waals surface area contributed by atoms with Gasteiger partial charge >= 0.3 is 5.97 Å². The van der Waals surface area contributed by atoms with Crippen molar-refractivity contribution < 1.29 is 23.8 Å². The summed E-state index contributed by atoms with van der Waals surface area (Å²) >= 11 is 0. The van der Waals surface area contributed by atoms with Crippen LogP contribution in [0.3, 0.4) is 0 Å². The maximum absolute atomic E-state index is 12.0. The molecule has 0 saturated carbocycles. The Kier molecular flexibility index (Phi) is 10.5. The minimum absolute atomic E-state index is 0.0592. The van der Waals surface area contributed by atoms with Crippen molar-refractivity contribution >= 4 is 11.9 Å². The third kappa shape index (κ3) is 8.43. The second-order valence-electron chi connectivity index (χ2n) is 9.65. The molecule has 0 aliphatic heterocycles. The molecule has 0 aliphatic carbocycles. The number of rotatable bonds is 13. The summed E-state index contributed by atoms with van der Waals surface area (Å²) in [4.78, 5) is 23.1. The Hall–Kier alpha value is -4.62. The summed E-state index contributed by atoms with van der Waals surface area (Å²) in [6.45, 7) is 6.01. The normalized spacial score (nSPS) is 10.6. The molecule has 0 atom stereocenters. The van der Waals surface area contributed by atoms with Gasteiger partial charge in [0, 0.05) is 38.2 Å². The number of nitrogens with one attached hydrogen (secondary N) is 2. The lowest BCUT2D eigenvalue weighted by molar-refractivity contribution is -0.118. The Labute approximate surface area is 241 Å². The van der Waals surface area contributed by atoms with E-state index in [9.17, 15) is 9.59 Å². The Morgan fingerprint density at radius 2 is 1.59 bits per heavy atom. The van der Waals surface area contributed by atoms with Gasteiger partial charge in [-0.15, -0.1) is 0 Å². The van der Waals surface area contributed by atoms with E-state index in [1.807, 2.05) is 42.5 Å². The number of benzene rings is 4. The maximum Gasteiger partial charge on any atom is 0.337 e. The van der Waals surface area contributed by atoms with Crippen LogP contribution in [0.15, 0.2) is 91.0 Å². The summed E-state index contributed by atoms with van der Waals surface area (Å²) in [7, 11) is 1.36. The number of carbonyl (C=O) groups is 2. The molecule has 0 spiro atoms. The fourth-order valence-electron chi connectivity index (χ4n) is 4.45. The molecular weight excluding hydrogens is 516 g/mol. The standard InChI is InChI=1S/C34H36N2O5/c1-24-30(13-8-14-32(24)27-10-5-4-6-11-27)23-40-31-16-15-29(21-35-17-18-36-25(2)37)33(20-31)41-22-26-9-7-12-28(19-26)34(38)39-3/h4-16,19-20,35H,17-18,21-23H2,1-3H3,(H,36,37). The first-order valence-electron chi connectivity index (χ1n) is 13.6. The minimum atomic E-state index is -0.391. The minimum Gasteiger partial charge on any atom is -0.489 e. The molecule has 0 aromatic heterocycles. The van der Waals surface area contributed by atoms with Crippen LogP contribution in [0.25, 0.3) is 11.1 Å². The van der Waals surface area contributed by atoms with Crippen LogP contribution in [0.5, 0.6) is 11.5 Å². The molecule has 4 rings (SSSR count). The van der Waals surface area contributed by atoms with Crippen molar-refractivity contribution in [2.75, 3.05) is 20.2 Å². The molecule has 212 valence electrons. The van der Waals surface area contributed by atoms with Crippen LogP contribution in [0.1, 0.15) is 39.5 Å². The summed E-state index contributed by atoms with van der Waals surface area (Å²) < 4.78 is 17.3. The maximum atomic E-state index is 12.0. The van der Waals surface area contributed by atoms with Gasteiger partial charge in [0.05, 0.1) is 12.7 Å². The quantitative estimate of drug-likeness (QED) is 0.160. The van der Waals surface area contributed by atoms with E-state index < -0.39 is 5.97 Å². The fourth-order valence-corrected chi connectivity index (χ4v) is 4.45. The molecule has 0 fully saturated rings. The third-order valence-corrected chi connectivity index (χ3v) is 6.70. The van der Waals surface area contributed by atoms with Crippen molar-refractivity contribution in [2.45, 2.75) is 33.6 Å². The number of amides is 1. The number of esters is 1. The largest absolute Gasteiger partial charge is 0.489 e. The first-order chi connectivity index (χ1) is 19.9. The van der Waals surface area contributed by atoms with Crippen LogP contribution in [-0.2, 0) is 29.3 Å². The smallest absolute Gasteiger partial charge is 0.337 e. The van der Waals surface area contributed by atoms with E-state index in [4.69, 9.17) is 14.2 Å². The summed E-state index contributed by atoms with van der Waals surface area (Å²) in [5.74, 6) is 0.913. The topological polar surface area (TPSA) is 85.9 Å². The molecule has 0 saturated heterocycles. The van der Waals surface area contributed by atoms with Gasteiger partial charge in [0.25, 0.3) is 0 Å². The van der Waals surface area contributed by atoms with Gasteiger partial charge in [-0.2, -0.15) is 0 Å². The molecule has 4 aromatic rings. The van der Waals surface area contributed by atoms with Crippen LogP contribution in [0, 0.1) is 6.92 Å². The number of carbonyl (C=O) groups excluding carboxylic acids is 2. The second kappa shape index (κ2) is 14.7. The van der Waals surface area contributed by atoms with E-state index in [2.05, 4.69) is 47.9 Å². The molecule has 1 amide bonds. The van der Waals surface area contributed by atoms with Gasteiger partial charge in [0.2, 0.25) is 5.91 Å². The van der Waals surface area contributed by atoms with Gasteiger partial charge < -0.3 is 24.8 Å². The van der Waals surface area contributed by atoms with Crippen molar-refractivity contribution in [3.63, 3.8) is 0 Å². The van der Waals surface area contributed by atoms with Gasteiger partial charge in [-0.1, -0.05) is 66.7 Å². The van der Waals surface area contributed by atoms with Gasteiger partial charge in [-0.05, 0) is 52.9 Å². The monoisotopic (exact) mass is 552 g/mol. The predicted molar refractivity (Wildman–Crippen MR) is 160 cm³/mol. The molecule has 7 heteroatoms. The molecule has 2 N–H and O–H groups in total. The van der Waals surface area contributed by atoms with Crippen molar-refractivity contribution in [1.29, 1.82) is 0 Å². The number of hydrogen-bond donors (Lipinski definition) is 2. The third-order valence-electron chi connectivity index (χ3n) is 6.70. The average Bonchev–Trinajstić information content (AvgIpc) is 3.00. The first kappa shape index (κ1) is 29.4. The van der Waals surface area contributed by atoms with Crippen molar-refractivity contribution in [3.05, 3.63) is 119 Å². The highest BCUT2D eigenvalue weighted by molar-refractivity contribution is 5.89. The van der Waals surface area contributed by atoms with E-state index in [1.165, 1.54) is 30.7 Å². The van der Waals surface area contributed by atoms with Crippen LogP contribution in [-0.4, -0.2) is 32.1 Å². The van der Waals surface area contributed by atoms with E-state index in [0.29, 0.717) is 43.3 Å². The van der Waals surface area contributed by atoms with Crippen LogP contribution in [0.4, 0.5) is 0 Å². The Morgan fingerprint density at radius 3 is 2.37 bits per heavy atom.